The van der Waals surface area contributed by atoms with Crippen molar-refractivity contribution in [3.63, 3.8) is 0 Å². The van der Waals surface area contributed by atoms with Crippen LogP contribution in [0.4, 0.5) is 10.1 Å². The van der Waals surface area contributed by atoms with Crippen LogP contribution in [-0.4, -0.2) is 24.0 Å². The highest BCUT2D eigenvalue weighted by Gasteiger charge is 2.21. The number of anilines is 1. The Bertz CT molecular complexity index is 489. The van der Waals surface area contributed by atoms with Crippen molar-refractivity contribution in [1.82, 2.24) is 5.32 Å². The topological polar surface area (TPSA) is 81.4 Å². The molecule has 1 amide bonds. The summed E-state index contributed by atoms with van der Waals surface area (Å²) >= 11 is 0. The largest absolute Gasteiger partial charge is 0.449 e. The zero-order valence-electron chi connectivity index (χ0n) is 11.1. The normalized spacial score (nSPS) is 12.1. The number of nitrogens with two attached hydrogens (primary N) is 1. The fraction of sp³-hybridized carbons (Fsp3) is 0.385. The van der Waals surface area contributed by atoms with Gasteiger partial charge in [0.05, 0.1) is 5.56 Å². The van der Waals surface area contributed by atoms with Gasteiger partial charge in [-0.15, -0.1) is 0 Å². The number of hydrogen-bond donors (Lipinski definition) is 2. The molecule has 0 fully saturated rings. The molecule has 0 heterocycles. The Hall–Kier alpha value is -2.11. The predicted octanol–water partition coefficient (Wildman–Crippen LogP) is 1.48. The molecule has 0 aliphatic rings. The minimum Gasteiger partial charge on any atom is -0.449 e. The summed E-state index contributed by atoms with van der Waals surface area (Å²) in [6, 6.07) is 3.57. The van der Waals surface area contributed by atoms with Gasteiger partial charge in [-0.1, -0.05) is 0 Å². The SMILES string of the molecule is CC(C)NC(=O)C(C)OC(=O)c1ccc(N)cc1F. The quantitative estimate of drug-likeness (QED) is 0.640. The van der Waals surface area contributed by atoms with Gasteiger partial charge in [0, 0.05) is 11.7 Å². The van der Waals surface area contributed by atoms with Crippen LogP contribution in [0.25, 0.3) is 0 Å². The first-order valence-corrected chi connectivity index (χ1v) is 5.87. The molecule has 1 aromatic rings. The lowest BCUT2D eigenvalue weighted by molar-refractivity contribution is -0.129. The second kappa shape index (κ2) is 6.17. The maximum absolute atomic E-state index is 13.5. The minimum atomic E-state index is -0.994. The lowest BCUT2D eigenvalue weighted by Gasteiger charge is -2.15. The van der Waals surface area contributed by atoms with Gasteiger partial charge in [-0.05, 0) is 39.0 Å². The molecule has 0 saturated heterocycles. The number of amides is 1. The summed E-state index contributed by atoms with van der Waals surface area (Å²) in [6.45, 7) is 4.99. The maximum Gasteiger partial charge on any atom is 0.341 e. The Kier molecular flexibility index (Phi) is 4.86. The standard InChI is InChI=1S/C13H17FN2O3/c1-7(2)16-12(17)8(3)19-13(18)10-5-4-9(15)6-11(10)14/h4-8H,15H2,1-3H3,(H,16,17). The molecule has 1 unspecified atom stereocenters. The van der Waals surface area contributed by atoms with Crippen molar-refractivity contribution in [1.29, 1.82) is 0 Å². The first kappa shape index (κ1) is 14.9. The maximum atomic E-state index is 13.5. The second-order valence-electron chi connectivity index (χ2n) is 4.45. The van der Waals surface area contributed by atoms with E-state index in [-0.39, 0.29) is 17.3 Å². The van der Waals surface area contributed by atoms with Gasteiger partial charge in [0.2, 0.25) is 0 Å². The fourth-order valence-corrected chi connectivity index (χ4v) is 1.38. The summed E-state index contributed by atoms with van der Waals surface area (Å²) in [7, 11) is 0. The van der Waals surface area contributed by atoms with Crippen LogP contribution in [0.2, 0.25) is 0 Å². The van der Waals surface area contributed by atoms with Gasteiger partial charge in [0.15, 0.2) is 6.10 Å². The van der Waals surface area contributed by atoms with Crippen LogP contribution in [0.3, 0.4) is 0 Å². The van der Waals surface area contributed by atoms with Gasteiger partial charge in [-0.3, -0.25) is 4.79 Å². The summed E-state index contributed by atoms with van der Waals surface area (Å²) in [4.78, 5) is 23.3. The molecule has 5 nitrogen and oxygen atoms in total. The summed E-state index contributed by atoms with van der Waals surface area (Å²) < 4.78 is 18.4. The smallest absolute Gasteiger partial charge is 0.341 e. The molecule has 0 bridgehead atoms. The molecule has 0 aliphatic heterocycles. The monoisotopic (exact) mass is 268 g/mol. The van der Waals surface area contributed by atoms with E-state index < -0.39 is 23.8 Å². The number of carbonyl (C=O) groups excluding carboxylic acids is 2. The highest BCUT2D eigenvalue weighted by atomic mass is 19.1. The molecule has 104 valence electrons. The van der Waals surface area contributed by atoms with E-state index in [4.69, 9.17) is 10.5 Å². The molecule has 6 heteroatoms. The first-order valence-electron chi connectivity index (χ1n) is 5.87. The number of ether oxygens (including phenoxy) is 1. The van der Waals surface area contributed by atoms with Crippen LogP contribution < -0.4 is 11.1 Å². The third-order valence-corrected chi connectivity index (χ3v) is 2.30. The van der Waals surface area contributed by atoms with E-state index in [0.29, 0.717) is 0 Å². The van der Waals surface area contributed by atoms with Crippen LogP contribution in [-0.2, 0) is 9.53 Å². The number of hydrogen-bond acceptors (Lipinski definition) is 4. The third-order valence-electron chi connectivity index (χ3n) is 2.30. The van der Waals surface area contributed by atoms with Crippen LogP contribution in [0, 0.1) is 5.82 Å². The zero-order chi connectivity index (χ0) is 14.6. The van der Waals surface area contributed by atoms with Crippen molar-refractivity contribution in [2.24, 2.45) is 0 Å². The average Bonchev–Trinajstić information content (AvgIpc) is 2.27. The molecule has 0 spiro atoms. The molecule has 3 N–H and O–H groups in total. The highest BCUT2D eigenvalue weighted by molar-refractivity contribution is 5.92. The van der Waals surface area contributed by atoms with Crippen LogP contribution in [0.5, 0.6) is 0 Å². The first-order chi connectivity index (χ1) is 8.81. The zero-order valence-corrected chi connectivity index (χ0v) is 11.1. The number of nitrogen functional groups attached to an aromatic ring is 1. The number of esters is 1. The van der Waals surface area contributed by atoms with Gasteiger partial charge in [0.1, 0.15) is 5.82 Å². The Morgan fingerprint density at radius 1 is 1.32 bits per heavy atom. The molecule has 0 aromatic heterocycles. The molecular weight excluding hydrogens is 251 g/mol. The number of benzene rings is 1. The summed E-state index contributed by atoms with van der Waals surface area (Å²) in [6.07, 6.45) is -0.994. The van der Waals surface area contributed by atoms with E-state index >= 15 is 0 Å². The van der Waals surface area contributed by atoms with E-state index in [2.05, 4.69) is 5.32 Å². The van der Waals surface area contributed by atoms with E-state index in [0.717, 1.165) is 6.07 Å². The van der Waals surface area contributed by atoms with Crippen LogP contribution >= 0.6 is 0 Å². The van der Waals surface area contributed by atoms with Gasteiger partial charge in [-0.25, -0.2) is 9.18 Å². The Morgan fingerprint density at radius 3 is 2.47 bits per heavy atom. The molecule has 0 saturated carbocycles. The fourth-order valence-electron chi connectivity index (χ4n) is 1.38. The predicted molar refractivity (Wildman–Crippen MR) is 69.0 cm³/mol. The molecule has 1 aromatic carbocycles. The second-order valence-corrected chi connectivity index (χ2v) is 4.45. The number of halogens is 1. The van der Waals surface area contributed by atoms with Gasteiger partial charge < -0.3 is 15.8 Å². The highest BCUT2D eigenvalue weighted by Crippen LogP contribution is 2.13. The van der Waals surface area contributed by atoms with Crippen LogP contribution in [0.15, 0.2) is 18.2 Å². The van der Waals surface area contributed by atoms with Crippen molar-refractivity contribution >= 4 is 17.6 Å². The lowest BCUT2D eigenvalue weighted by atomic mass is 10.2. The molecule has 19 heavy (non-hydrogen) atoms. The number of carbonyl (C=O) groups is 2. The van der Waals surface area contributed by atoms with Crippen molar-refractivity contribution < 1.29 is 18.7 Å². The van der Waals surface area contributed by atoms with Gasteiger partial charge in [0.25, 0.3) is 5.91 Å². The van der Waals surface area contributed by atoms with Gasteiger partial charge >= 0.3 is 5.97 Å². The summed E-state index contributed by atoms with van der Waals surface area (Å²) in [5.74, 6) is -2.11. The Morgan fingerprint density at radius 2 is 1.95 bits per heavy atom. The molecular formula is C13H17FN2O3. The van der Waals surface area contributed by atoms with Crippen LogP contribution in [0.1, 0.15) is 31.1 Å². The molecule has 1 rings (SSSR count). The number of nitrogens with one attached hydrogen (secondary N) is 1. The summed E-state index contributed by atoms with van der Waals surface area (Å²) in [5.41, 5.74) is 5.33. The van der Waals surface area contributed by atoms with E-state index in [1.54, 1.807) is 13.8 Å². The Balaban J connectivity index is 2.71. The van der Waals surface area contributed by atoms with E-state index in [1.807, 2.05) is 0 Å². The Labute approximate surface area is 110 Å². The number of rotatable bonds is 4. The van der Waals surface area contributed by atoms with Crippen molar-refractivity contribution in [3.05, 3.63) is 29.6 Å². The van der Waals surface area contributed by atoms with Crippen molar-refractivity contribution in [2.45, 2.75) is 32.9 Å². The molecule has 1 atom stereocenters. The summed E-state index contributed by atoms with van der Waals surface area (Å²) in [5, 5.41) is 2.59. The third kappa shape index (κ3) is 4.24. The van der Waals surface area contributed by atoms with E-state index in [9.17, 15) is 14.0 Å². The van der Waals surface area contributed by atoms with Crippen molar-refractivity contribution in [3.8, 4) is 0 Å². The van der Waals surface area contributed by atoms with E-state index in [1.165, 1.54) is 19.1 Å². The molecule has 0 aliphatic carbocycles. The lowest BCUT2D eigenvalue weighted by Crippen LogP contribution is -2.39. The van der Waals surface area contributed by atoms with Gasteiger partial charge in [-0.2, -0.15) is 0 Å². The van der Waals surface area contributed by atoms with Crippen molar-refractivity contribution in [2.75, 3.05) is 5.73 Å². The minimum absolute atomic E-state index is 0.0677. The average molecular weight is 268 g/mol. The molecule has 0 radical (unpaired) electrons.